The minimum absolute atomic E-state index is 0.0306. The summed E-state index contributed by atoms with van der Waals surface area (Å²) in [5.41, 5.74) is 1.84. The first-order valence-electron chi connectivity index (χ1n) is 9.35. The molecule has 0 bridgehead atoms. The molecule has 3 aromatic rings. The minimum Gasteiger partial charge on any atom is -0.459 e. The number of benzene rings is 2. The lowest BCUT2D eigenvalue weighted by Crippen LogP contribution is -2.39. The Kier molecular flexibility index (Phi) is 4.94. The highest BCUT2D eigenvalue weighted by Gasteiger charge is 2.30. The number of furan rings is 1. The van der Waals surface area contributed by atoms with Gasteiger partial charge in [-0.05, 0) is 49.6 Å². The highest BCUT2D eigenvalue weighted by Crippen LogP contribution is 2.28. The standard InChI is InChI=1S/C22H23FN2O2/c1-15(21-12-17-4-2-3-5-20(17)27-21)24-22(26)14-25(19-10-11-19)13-16-6-8-18(23)9-7-16/h2-9,12,15,19H,10-11,13-14H2,1H3,(H,24,26). The fraction of sp³-hybridized carbons (Fsp3) is 0.318. The maximum absolute atomic E-state index is 13.1. The van der Waals surface area contributed by atoms with Gasteiger partial charge in [0.25, 0.3) is 0 Å². The van der Waals surface area contributed by atoms with Crippen LogP contribution in [0.4, 0.5) is 4.39 Å². The van der Waals surface area contributed by atoms with Crippen LogP contribution in [0.3, 0.4) is 0 Å². The fourth-order valence-electron chi connectivity index (χ4n) is 3.34. The van der Waals surface area contributed by atoms with E-state index in [-0.39, 0.29) is 17.8 Å². The first-order valence-corrected chi connectivity index (χ1v) is 9.35. The van der Waals surface area contributed by atoms with Gasteiger partial charge >= 0.3 is 0 Å². The average molecular weight is 366 g/mol. The summed E-state index contributed by atoms with van der Waals surface area (Å²) in [6, 6.07) is 16.5. The number of hydrogen-bond acceptors (Lipinski definition) is 3. The molecule has 1 N–H and O–H groups in total. The molecule has 1 aromatic heterocycles. The number of para-hydroxylation sites is 1. The second-order valence-electron chi connectivity index (χ2n) is 7.24. The van der Waals surface area contributed by atoms with Crippen molar-refractivity contribution in [2.24, 2.45) is 0 Å². The fourth-order valence-corrected chi connectivity index (χ4v) is 3.34. The van der Waals surface area contributed by atoms with Crippen molar-refractivity contribution in [1.29, 1.82) is 0 Å². The lowest BCUT2D eigenvalue weighted by molar-refractivity contribution is -0.123. The van der Waals surface area contributed by atoms with Gasteiger partial charge in [0, 0.05) is 18.0 Å². The van der Waals surface area contributed by atoms with E-state index in [1.165, 1.54) is 12.1 Å². The molecular weight excluding hydrogens is 343 g/mol. The molecule has 2 aromatic carbocycles. The van der Waals surface area contributed by atoms with Gasteiger partial charge in [-0.2, -0.15) is 0 Å². The van der Waals surface area contributed by atoms with Crippen LogP contribution in [0.1, 0.15) is 37.1 Å². The third-order valence-electron chi connectivity index (χ3n) is 4.96. The number of nitrogens with one attached hydrogen (secondary N) is 1. The summed E-state index contributed by atoms with van der Waals surface area (Å²) in [4.78, 5) is 14.7. The lowest BCUT2D eigenvalue weighted by atomic mass is 10.2. The number of nitrogens with zero attached hydrogens (tertiary/aromatic N) is 1. The molecule has 1 aliphatic carbocycles. The Hall–Kier alpha value is -2.66. The summed E-state index contributed by atoms with van der Waals surface area (Å²) in [6.45, 7) is 2.90. The zero-order valence-corrected chi connectivity index (χ0v) is 15.3. The summed E-state index contributed by atoms with van der Waals surface area (Å²) < 4.78 is 18.9. The van der Waals surface area contributed by atoms with Crippen LogP contribution in [0.2, 0.25) is 0 Å². The molecule has 0 aliphatic heterocycles. The van der Waals surface area contributed by atoms with Crippen molar-refractivity contribution >= 4 is 16.9 Å². The van der Waals surface area contributed by atoms with E-state index in [1.54, 1.807) is 12.1 Å². The molecule has 1 atom stereocenters. The molecule has 27 heavy (non-hydrogen) atoms. The Morgan fingerprint density at radius 2 is 1.96 bits per heavy atom. The van der Waals surface area contributed by atoms with Gasteiger partial charge in [0.1, 0.15) is 17.2 Å². The van der Waals surface area contributed by atoms with Gasteiger partial charge in [-0.3, -0.25) is 9.69 Å². The molecule has 140 valence electrons. The Morgan fingerprint density at radius 1 is 1.22 bits per heavy atom. The Labute approximate surface area is 158 Å². The normalized spacial score (nSPS) is 15.2. The van der Waals surface area contributed by atoms with Gasteiger partial charge in [-0.1, -0.05) is 30.3 Å². The van der Waals surface area contributed by atoms with E-state index in [4.69, 9.17) is 4.42 Å². The smallest absolute Gasteiger partial charge is 0.234 e. The van der Waals surface area contributed by atoms with E-state index in [2.05, 4.69) is 10.2 Å². The van der Waals surface area contributed by atoms with Gasteiger partial charge in [0.15, 0.2) is 0 Å². The van der Waals surface area contributed by atoms with Crippen LogP contribution in [0.25, 0.3) is 11.0 Å². The highest BCUT2D eigenvalue weighted by molar-refractivity contribution is 5.80. The van der Waals surface area contributed by atoms with Crippen LogP contribution in [0, 0.1) is 5.82 Å². The van der Waals surface area contributed by atoms with Crippen molar-refractivity contribution < 1.29 is 13.6 Å². The van der Waals surface area contributed by atoms with E-state index in [0.717, 1.165) is 35.1 Å². The van der Waals surface area contributed by atoms with E-state index in [1.807, 2.05) is 37.3 Å². The van der Waals surface area contributed by atoms with Crippen LogP contribution in [-0.4, -0.2) is 23.4 Å². The number of fused-ring (bicyclic) bond motifs is 1. The zero-order valence-electron chi connectivity index (χ0n) is 15.3. The van der Waals surface area contributed by atoms with E-state index < -0.39 is 0 Å². The van der Waals surface area contributed by atoms with Crippen LogP contribution in [-0.2, 0) is 11.3 Å². The minimum atomic E-state index is -0.242. The number of rotatable bonds is 7. The summed E-state index contributed by atoms with van der Waals surface area (Å²) >= 11 is 0. The van der Waals surface area contributed by atoms with Crippen LogP contribution in [0.5, 0.6) is 0 Å². The molecule has 0 spiro atoms. The predicted octanol–water partition coefficient (Wildman–Crippen LogP) is 4.41. The van der Waals surface area contributed by atoms with Crippen molar-refractivity contribution in [1.82, 2.24) is 10.2 Å². The summed E-state index contributed by atoms with van der Waals surface area (Å²) in [5, 5.41) is 4.06. The molecule has 1 fully saturated rings. The summed E-state index contributed by atoms with van der Waals surface area (Å²) in [7, 11) is 0. The summed E-state index contributed by atoms with van der Waals surface area (Å²) in [6.07, 6.45) is 2.21. The van der Waals surface area contributed by atoms with E-state index >= 15 is 0 Å². The number of amides is 1. The van der Waals surface area contributed by atoms with Crippen LogP contribution in [0.15, 0.2) is 59.0 Å². The Bertz CT molecular complexity index is 898. The van der Waals surface area contributed by atoms with E-state index in [0.29, 0.717) is 19.1 Å². The van der Waals surface area contributed by atoms with Gasteiger partial charge in [0.2, 0.25) is 5.91 Å². The molecule has 0 radical (unpaired) electrons. The Morgan fingerprint density at radius 3 is 2.67 bits per heavy atom. The third kappa shape index (κ3) is 4.37. The molecule has 1 unspecified atom stereocenters. The van der Waals surface area contributed by atoms with Crippen molar-refractivity contribution in [3.8, 4) is 0 Å². The van der Waals surface area contributed by atoms with Gasteiger partial charge < -0.3 is 9.73 Å². The third-order valence-corrected chi connectivity index (χ3v) is 4.96. The number of carbonyl (C=O) groups excluding carboxylic acids is 1. The van der Waals surface area contributed by atoms with E-state index in [9.17, 15) is 9.18 Å². The molecule has 4 rings (SSSR count). The molecule has 1 saturated carbocycles. The van der Waals surface area contributed by atoms with Crippen LogP contribution < -0.4 is 5.32 Å². The molecule has 5 heteroatoms. The molecule has 1 aliphatic rings. The second-order valence-corrected chi connectivity index (χ2v) is 7.24. The van der Waals surface area contributed by atoms with Crippen molar-refractivity contribution in [2.45, 2.75) is 38.4 Å². The second kappa shape index (κ2) is 7.53. The average Bonchev–Trinajstić information content (AvgIpc) is 3.41. The quantitative estimate of drug-likeness (QED) is 0.673. The SMILES string of the molecule is CC(NC(=O)CN(Cc1ccc(F)cc1)C1CC1)c1cc2ccccc2o1. The number of hydrogen-bond donors (Lipinski definition) is 1. The number of carbonyl (C=O) groups is 1. The Balaban J connectivity index is 1.38. The van der Waals surface area contributed by atoms with Crippen LogP contribution >= 0.6 is 0 Å². The topological polar surface area (TPSA) is 45.5 Å². The number of halogens is 1. The molecule has 0 saturated heterocycles. The zero-order chi connectivity index (χ0) is 18.8. The van der Waals surface area contributed by atoms with Gasteiger partial charge in [-0.15, -0.1) is 0 Å². The van der Waals surface area contributed by atoms with Gasteiger partial charge in [0.05, 0.1) is 12.6 Å². The maximum atomic E-state index is 13.1. The van der Waals surface area contributed by atoms with Crippen molar-refractivity contribution in [3.63, 3.8) is 0 Å². The molecule has 1 amide bonds. The monoisotopic (exact) mass is 366 g/mol. The molecule has 4 nitrogen and oxygen atoms in total. The first kappa shape index (κ1) is 17.7. The first-order chi connectivity index (χ1) is 13.1. The maximum Gasteiger partial charge on any atom is 0.234 e. The molecular formula is C22H23FN2O2. The lowest BCUT2D eigenvalue weighted by Gasteiger charge is -2.22. The van der Waals surface area contributed by atoms with Crippen molar-refractivity contribution in [3.05, 3.63) is 71.7 Å². The molecule has 1 heterocycles. The largest absolute Gasteiger partial charge is 0.459 e. The van der Waals surface area contributed by atoms with Crippen molar-refractivity contribution in [2.75, 3.05) is 6.54 Å². The summed E-state index contributed by atoms with van der Waals surface area (Å²) in [5.74, 6) is 0.479. The predicted molar refractivity (Wildman–Crippen MR) is 103 cm³/mol. The van der Waals surface area contributed by atoms with Gasteiger partial charge in [-0.25, -0.2) is 4.39 Å². The highest BCUT2D eigenvalue weighted by atomic mass is 19.1.